The second-order valence-electron chi connectivity index (χ2n) is 9.40. The Morgan fingerprint density at radius 3 is 2.31 bits per heavy atom. The van der Waals surface area contributed by atoms with Gasteiger partial charge in [0.05, 0.1) is 13.2 Å². The molecule has 0 spiro atoms. The number of carbonyl (C=O) groups is 1. The quantitative estimate of drug-likeness (QED) is 0.257. The second kappa shape index (κ2) is 10.00. The Bertz CT molecular complexity index is 708. The van der Waals surface area contributed by atoms with Crippen LogP contribution < -0.4 is 0 Å². The number of aliphatic hydroxyl groups excluding tert-OH is 6. The first-order chi connectivity index (χ1) is 14.9. The zero-order chi connectivity index (χ0) is 23.8. The number of hydrogen-bond donors (Lipinski definition) is 6. The van der Waals surface area contributed by atoms with Gasteiger partial charge in [0.2, 0.25) is 6.29 Å². The average Bonchev–Trinajstić information content (AvgIpc) is 2.72. The molecular weight excluding hydrogens is 428 g/mol. The number of allylic oxidation sites excluding steroid dienone is 1. The van der Waals surface area contributed by atoms with Crippen molar-refractivity contribution in [3.63, 3.8) is 0 Å². The highest BCUT2D eigenvalue weighted by atomic mass is 16.7. The standard InChI is InChI=1S/C21H34O11/c1-9-5-4-6-21(2,3)12(9)18(28)32-20-17(27)15(25)14(24)11(31-20)8-30-19-16(26)13(23)10(22)7-29-19/h10-11,13-17,19-20,22-27H,4-8H2,1-3H3/t10-,11+,13-,14-,15-,16-,17+,19-,20+/m1/s1. The van der Waals surface area contributed by atoms with Crippen molar-refractivity contribution in [2.75, 3.05) is 13.2 Å². The summed E-state index contributed by atoms with van der Waals surface area (Å²) in [6.45, 7) is 5.02. The van der Waals surface area contributed by atoms with E-state index < -0.39 is 73.3 Å². The van der Waals surface area contributed by atoms with Gasteiger partial charge < -0.3 is 49.6 Å². The fourth-order valence-corrected chi connectivity index (χ4v) is 4.51. The maximum Gasteiger partial charge on any atom is 0.336 e. The van der Waals surface area contributed by atoms with E-state index >= 15 is 0 Å². The van der Waals surface area contributed by atoms with Gasteiger partial charge in [0.25, 0.3) is 0 Å². The summed E-state index contributed by atoms with van der Waals surface area (Å²) in [4.78, 5) is 12.9. The molecule has 3 aliphatic rings. The number of carbonyl (C=O) groups excluding carboxylic acids is 1. The molecule has 0 bridgehead atoms. The summed E-state index contributed by atoms with van der Waals surface area (Å²) >= 11 is 0. The Morgan fingerprint density at radius 1 is 1.00 bits per heavy atom. The first kappa shape index (κ1) is 25.5. The van der Waals surface area contributed by atoms with Gasteiger partial charge in [0.1, 0.15) is 42.7 Å². The van der Waals surface area contributed by atoms with Gasteiger partial charge in [-0.15, -0.1) is 0 Å². The fraction of sp³-hybridized carbons (Fsp3) is 0.857. The van der Waals surface area contributed by atoms with Crippen molar-refractivity contribution in [1.82, 2.24) is 0 Å². The molecule has 0 saturated carbocycles. The van der Waals surface area contributed by atoms with Crippen LogP contribution in [0.5, 0.6) is 0 Å². The molecule has 0 aromatic heterocycles. The highest BCUT2D eigenvalue weighted by Gasteiger charge is 2.47. The van der Waals surface area contributed by atoms with Crippen molar-refractivity contribution in [3.8, 4) is 0 Å². The Morgan fingerprint density at radius 2 is 1.66 bits per heavy atom. The predicted octanol–water partition coefficient (Wildman–Crippen LogP) is -1.68. The molecule has 0 amide bonds. The number of rotatable bonds is 5. The van der Waals surface area contributed by atoms with Gasteiger partial charge in [0.15, 0.2) is 6.29 Å². The summed E-state index contributed by atoms with van der Waals surface area (Å²) < 4.78 is 21.4. The van der Waals surface area contributed by atoms with E-state index in [1.54, 1.807) is 0 Å². The third-order valence-electron chi connectivity index (χ3n) is 6.43. The van der Waals surface area contributed by atoms with Crippen molar-refractivity contribution >= 4 is 5.97 Å². The van der Waals surface area contributed by atoms with E-state index in [0.717, 1.165) is 24.8 Å². The van der Waals surface area contributed by atoms with E-state index in [1.165, 1.54) is 0 Å². The molecule has 11 nitrogen and oxygen atoms in total. The van der Waals surface area contributed by atoms with Crippen LogP contribution in [0, 0.1) is 5.41 Å². The van der Waals surface area contributed by atoms with Crippen molar-refractivity contribution in [2.45, 2.75) is 95.3 Å². The largest absolute Gasteiger partial charge is 0.429 e. The van der Waals surface area contributed by atoms with Gasteiger partial charge in [-0.2, -0.15) is 0 Å². The lowest BCUT2D eigenvalue weighted by Crippen LogP contribution is -2.60. The lowest BCUT2D eigenvalue weighted by Gasteiger charge is -2.41. The Balaban J connectivity index is 1.66. The van der Waals surface area contributed by atoms with E-state index in [2.05, 4.69) is 0 Å². The van der Waals surface area contributed by atoms with Crippen LogP contribution in [0.2, 0.25) is 0 Å². The molecule has 0 aromatic rings. The highest BCUT2D eigenvalue weighted by Crippen LogP contribution is 2.41. The Hall–Kier alpha value is -1.15. The van der Waals surface area contributed by atoms with Crippen LogP contribution in [0.4, 0.5) is 0 Å². The molecule has 11 heteroatoms. The van der Waals surface area contributed by atoms with Gasteiger partial charge in [-0.1, -0.05) is 19.4 Å². The summed E-state index contributed by atoms with van der Waals surface area (Å²) in [7, 11) is 0. The summed E-state index contributed by atoms with van der Waals surface area (Å²) in [6, 6.07) is 0. The lowest BCUT2D eigenvalue weighted by molar-refractivity contribution is -0.314. The highest BCUT2D eigenvalue weighted by molar-refractivity contribution is 5.91. The molecule has 0 radical (unpaired) electrons. The van der Waals surface area contributed by atoms with E-state index in [0.29, 0.717) is 5.57 Å². The third-order valence-corrected chi connectivity index (χ3v) is 6.43. The molecule has 6 N–H and O–H groups in total. The molecule has 2 heterocycles. The zero-order valence-corrected chi connectivity index (χ0v) is 18.5. The van der Waals surface area contributed by atoms with Crippen molar-refractivity contribution < 1.29 is 54.4 Å². The average molecular weight is 462 g/mol. The minimum absolute atomic E-state index is 0.275. The fourth-order valence-electron chi connectivity index (χ4n) is 4.51. The predicted molar refractivity (Wildman–Crippen MR) is 107 cm³/mol. The van der Waals surface area contributed by atoms with Gasteiger partial charge >= 0.3 is 5.97 Å². The van der Waals surface area contributed by atoms with Crippen LogP contribution in [0.15, 0.2) is 11.1 Å². The maximum atomic E-state index is 12.9. The van der Waals surface area contributed by atoms with E-state index in [9.17, 15) is 35.4 Å². The van der Waals surface area contributed by atoms with Crippen LogP contribution in [-0.2, 0) is 23.7 Å². The minimum atomic E-state index is -1.69. The Labute approximate surface area is 186 Å². The first-order valence-electron chi connectivity index (χ1n) is 10.8. The lowest BCUT2D eigenvalue weighted by atomic mass is 9.73. The van der Waals surface area contributed by atoms with E-state index in [1.807, 2.05) is 20.8 Å². The number of aliphatic hydroxyl groups is 6. The van der Waals surface area contributed by atoms with Crippen molar-refractivity contribution in [3.05, 3.63) is 11.1 Å². The molecular formula is C21H34O11. The molecule has 3 rings (SSSR count). The van der Waals surface area contributed by atoms with Gasteiger partial charge in [-0.3, -0.25) is 0 Å². The van der Waals surface area contributed by atoms with Crippen LogP contribution in [0.1, 0.15) is 40.0 Å². The molecule has 184 valence electrons. The number of esters is 1. The Kier molecular flexibility index (Phi) is 7.96. The maximum absolute atomic E-state index is 12.9. The van der Waals surface area contributed by atoms with Crippen molar-refractivity contribution in [2.24, 2.45) is 5.41 Å². The molecule has 0 unspecified atom stereocenters. The van der Waals surface area contributed by atoms with Crippen LogP contribution >= 0.6 is 0 Å². The van der Waals surface area contributed by atoms with Gasteiger partial charge in [0, 0.05) is 5.57 Å². The molecule has 32 heavy (non-hydrogen) atoms. The number of ether oxygens (including phenoxy) is 4. The summed E-state index contributed by atoms with van der Waals surface area (Å²) in [5.74, 6) is -0.664. The summed E-state index contributed by atoms with van der Waals surface area (Å²) in [5.41, 5.74) is 0.972. The number of hydrogen-bond acceptors (Lipinski definition) is 11. The SMILES string of the molecule is CC1=C(C(=O)O[C@@H]2O[C@@H](CO[C@H]3OC[C@@H](O)[C@@H](O)[C@H]3O)[C@@H](O)[C@@H](O)[C@@H]2O)C(C)(C)CCC1. The topological polar surface area (TPSA) is 175 Å². The minimum Gasteiger partial charge on any atom is -0.429 e. The molecule has 0 aromatic carbocycles. The molecule has 2 aliphatic heterocycles. The van der Waals surface area contributed by atoms with E-state index in [4.69, 9.17) is 18.9 Å². The van der Waals surface area contributed by atoms with Crippen molar-refractivity contribution in [1.29, 1.82) is 0 Å². The molecule has 1 aliphatic carbocycles. The molecule has 2 saturated heterocycles. The van der Waals surface area contributed by atoms with Crippen LogP contribution in [0.25, 0.3) is 0 Å². The third kappa shape index (κ3) is 5.16. The van der Waals surface area contributed by atoms with Gasteiger partial charge in [-0.05, 0) is 31.6 Å². The van der Waals surface area contributed by atoms with Crippen LogP contribution in [-0.4, -0.2) is 105 Å². The first-order valence-corrected chi connectivity index (χ1v) is 10.8. The zero-order valence-electron chi connectivity index (χ0n) is 18.5. The normalized spacial score (nSPS) is 42.6. The second-order valence-corrected chi connectivity index (χ2v) is 9.40. The molecule has 2 fully saturated rings. The van der Waals surface area contributed by atoms with Gasteiger partial charge in [-0.25, -0.2) is 4.79 Å². The summed E-state index contributed by atoms with van der Waals surface area (Å²) in [6.07, 6.45) is -10.9. The molecule has 9 atom stereocenters. The summed E-state index contributed by atoms with van der Waals surface area (Å²) in [5, 5.41) is 60.0. The smallest absolute Gasteiger partial charge is 0.336 e. The van der Waals surface area contributed by atoms with E-state index in [-0.39, 0.29) is 6.61 Å². The monoisotopic (exact) mass is 462 g/mol. The van der Waals surface area contributed by atoms with Crippen LogP contribution in [0.3, 0.4) is 0 Å².